The fourth-order valence-electron chi connectivity index (χ4n) is 9.73. The number of nitrogens with two attached hydrogens (primary N) is 1. The predicted molar refractivity (Wildman–Crippen MR) is 465 cm³/mol. The van der Waals surface area contributed by atoms with Crippen LogP contribution in [0.2, 0.25) is 10.0 Å². The number of aliphatic hydroxyl groups excluding tert-OH is 1. The standard InChI is InChI=1S/C29H28Cl2F2N2O9S.C18H19NO6S.C11H13NO6S.C9H11NO4S.C9H10O3.C8H9NO2.CH4/c1-45(39,40)34-12-17-4-6-19(7-5-17)28(37)42-16-27(36)43-25(11-21-22(30)13-35(38)14-23(21)31)20-8-9-24(44-29(32)33)26(10-20)41-15-18-2-3-18;1-26(22,23)19-11-14-7-9-16(10-8-14)18(21)25-13-17(20)24-12-15-5-3-2-4-6-15;1-19(16,17)12-6-8-2-4-9(5-3-8)11(15)18-7-10(13)14;1-15(13,14)10-6-7-2-4-8(5-3-7)9(11)12;10-6-9(11)12-7-8-4-2-1-3-5-8;9-5-6-1-3-7(4-2-6)8(10)11;/h4-10,13-14,18,25,29,34H,2-3,11-12,15-16H2,1H3;2-10,19H,11-13H2,1H3;2-5,12H,6-7H2,1H3,(H,13,14);2-5,10H,6H2,1H3,(H,11,12);1-5,10H,6-7H2;1-4H,5,9H2,(H,10,11);1H4/t25-;;;;;;/m0....../s1. The molecule has 0 bridgehead atoms. The van der Waals surface area contributed by atoms with Crippen LogP contribution in [0.25, 0.3) is 0 Å². The van der Waals surface area contributed by atoms with Gasteiger partial charge in [-0.05, 0) is 136 Å². The van der Waals surface area contributed by atoms with Gasteiger partial charge in [0.2, 0.25) is 40.1 Å². The van der Waals surface area contributed by atoms with Crippen LogP contribution in [0.3, 0.4) is 0 Å². The summed E-state index contributed by atoms with van der Waals surface area (Å²) in [4.78, 5) is 102. The number of nitrogens with zero attached hydrogens (tertiary/aromatic N) is 1. The van der Waals surface area contributed by atoms with E-state index in [-0.39, 0.29) is 115 Å². The topological polar surface area (TPSA) is 546 Å². The van der Waals surface area contributed by atoms with E-state index in [1.165, 1.54) is 78.9 Å². The molecular weight excluding hydrogens is 1820 g/mol. The molecule has 0 aliphatic heterocycles. The minimum Gasteiger partial charge on any atom is -0.619 e. The van der Waals surface area contributed by atoms with E-state index >= 15 is 0 Å². The van der Waals surface area contributed by atoms with Crippen molar-refractivity contribution in [3.8, 4) is 11.5 Å². The van der Waals surface area contributed by atoms with Crippen molar-refractivity contribution in [1.29, 1.82) is 0 Å². The van der Waals surface area contributed by atoms with E-state index in [9.17, 15) is 90.8 Å². The van der Waals surface area contributed by atoms with Gasteiger partial charge >= 0.3 is 60.3 Å². The van der Waals surface area contributed by atoms with E-state index in [0.29, 0.717) is 44.7 Å². The number of aromatic carboxylic acids is 2. The van der Waals surface area contributed by atoms with Crippen LogP contribution in [0, 0.1) is 11.1 Å². The maximum Gasteiger partial charge on any atom is 0.387 e. The van der Waals surface area contributed by atoms with Crippen LogP contribution in [0.4, 0.5) is 8.78 Å². The van der Waals surface area contributed by atoms with Crippen molar-refractivity contribution in [3.63, 3.8) is 0 Å². The zero-order valence-corrected chi connectivity index (χ0v) is 73.4. The summed E-state index contributed by atoms with van der Waals surface area (Å²) in [5.74, 6) is -7.52. The number of aliphatic hydroxyl groups is 1. The maximum atomic E-state index is 13.1. The van der Waals surface area contributed by atoms with Crippen molar-refractivity contribution in [1.82, 2.24) is 18.9 Å². The summed E-state index contributed by atoms with van der Waals surface area (Å²) in [6, 6.07) is 53.0. The van der Waals surface area contributed by atoms with Crippen LogP contribution in [0.5, 0.6) is 11.5 Å². The Morgan fingerprint density at radius 3 is 1.15 bits per heavy atom. The molecule has 0 unspecified atom stereocenters. The Hall–Kier alpha value is -12.5. The highest BCUT2D eigenvalue weighted by molar-refractivity contribution is 7.89. The maximum absolute atomic E-state index is 13.1. The molecule has 1 atom stereocenters. The Morgan fingerprint density at radius 1 is 0.465 bits per heavy atom. The number of carboxylic acids is 3. The van der Waals surface area contributed by atoms with Crippen LogP contribution >= 0.6 is 23.2 Å². The Bertz CT molecular complexity index is 5650. The Morgan fingerprint density at radius 2 is 0.814 bits per heavy atom. The number of aliphatic carboxylic acids is 1. The zero-order valence-electron chi connectivity index (χ0n) is 68.6. The molecule has 10 N–H and O–H groups in total. The number of ether oxygens (including phenoxy) is 8. The molecule has 8 aromatic carbocycles. The van der Waals surface area contributed by atoms with Crippen molar-refractivity contribution in [2.75, 3.05) is 58.1 Å². The zero-order chi connectivity index (χ0) is 94.7. The molecule has 1 aromatic heterocycles. The average molecular weight is 1920 g/mol. The van der Waals surface area contributed by atoms with Crippen LogP contribution < -0.4 is 38.8 Å². The number of hydrogen-bond donors (Lipinski definition) is 9. The summed E-state index contributed by atoms with van der Waals surface area (Å²) in [7, 11) is -13.2. The first-order chi connectivity index (χ1) is 60.3. The lowest BCUT2D eigenvalue weighted by atomic mass is 10.0. The Labute approximate surface area is 752 Å². The van der Waals surface area contributed by atoms with E-state index in [0.717, 1.165) is 66.9 Å². The molecule has 0 radical (unpaired) electrons. The summed E-state index contributed by atoms with van der Waals surface area (Å²) in [5.41, 5.74) is 12.3. The Balaban J connectivity index is 0.000000352. The van der Waals surface area contributed by atoms with Gasteiger partial charge in [0, 0.05) is 44.7 Å². The number of rotatable bonds is 38. The molecule has 9 aromatic rings. The van der Waals surface area contributed by atoms with E-state index < -0.39 is 133 Å². The van der Waals surface area contributed by atoms with Gasteiger partial charge in [0.05, 0.1) is 59.4 Å². The highest BCUT2D eigenvalue weighted by Crippen LogP contribution is 2.38. The fourth-order valence-corrected chi connectivity index (χ4v) is 12.0. The molecule has 1 saturated carbocycles. The fraction of sp³-hybridized carbons (Fsp3) is 0.271. The summed E-state index contributed by atoms with van der Waals surface area (Å²) in [6.45, 7) is -4.16. The van der Waals surface area contributed by atoms with Crippen molar-refractivity contribution in [2.24, 2.45) is 11.7 Å². The summed E-state index contributed by atoms with van der Waals surface area (Å²) in [5, 5.41) is 45.6. The molecule has 129 heavy (non-hydrogen) atoms. The van der Waals surface area contributed by atoms with E-state index in [1.54, 1.807) is 60.7 Å². The highest BCUT2D eigenvalue weighted by atomic mass is 35.5. The molecule has 44 heteroatoms. The lowest BCUT2D eigenvalue weighted by molar-refractivity contribution is -0.605. The molecule has 0 amide bonds. The second-order valence-electron chi connectivity index (χ2n) is 27.1. The van der Waals surface area contributed by atoms with Crippen LogP contribution in [-0.4, -0.2) is 172 Å². The van der Waals surface area contributed by atoms with Crippen molar-refractivity contribution in [2.45, 2.75) is 85.3 Å². The molecule has 1 aliphatic rings. The average Bonchev–Trinajstić information content (AvgIpc) is 1.22. The quantitative estimate of drug-likeness (QED) is 0.00754. The number of hydrogen-bond acceptors (Lipinski definition) is 28. The lowest BCUT2D eigenvalue weighted by Gasteiger charge is -2.21. The van der Waals surface area contributed by atoms with Gasteiger partial charge in [-0.2, -0.15) is 13.5 Å². The van der Waals surface area contributed by atoms with Gasteiger partial charge < -0.3 is 69.3 Å². The first kappa shape index (κ1) is 109. The second-order valence-corrected chi connectivity index (χ2v) is 35.2. The smallest absolute Gasteiger partial charge is 0.387 e. The number of esters is 6. The molecule has 1 aliphatic carbocycles. The van der Waals surface area contributed by atoms with Crippen LogP contribution in [-0.2, 0) is 140 Å². The number of pyridine rings is 1. The molecule has 1 heterocycles. The summed E-state index contributed by atoms with van der Waals surface area (Å²) >= 11 is 12.5. The third-order valence-corrected chi connectivity index (χ3v) is 19.7. The molecule has 0 saturated heterocycles. The third kappa shape index (κ3) is 46.2. The number of halogens is 4. The van der Waals surface area contributed by atoms with Crippen LogP contribution in [0.15, 0.2) is 213 Å². The minimum absolute atomic E-state index is 0. The number of sulfonamides is 4. The largest absolute Gasteiger partial charge is 0.619 e. The normalized spacial score (nSPS) is 11.6. The van der Waals surface area contributed by atoms with Gasteiger partial charge in [-0.1, -0.05) is 158 Å². The van der Waals surface area contributed by atoms with Gasteiger partial charge in [0.1, 0.15) is 36.0 Å². The van der Waals surface area contributed by atoms with Gasteiger partial charge in [-0.25, -0.2) is 95.7 Å². The number of nitrogens with one attached hydrogen (secondary N) is 4. The Kier molecular flexibility index (Phi) is 46.1. The monoisotopic (exact) mass is 1910 g/mol. The number of carbonyl (C=O) groups is 9. The van der Waals surface area contributed by atoms with Gasteiger partial charge in [-0.3, -0.25) is 0 Å². The first-order valence-corrected chi connectivity index (χ1v) is 45.8. The number of alkyl halides is 2. The summed E-state index contributed by atoms with van der Waals surface area (Å²) in [6.07, 6.45) is 6.94. The SMILES string of the molecule is C.CS(=O)(=O)NCc1ccc(C(=O)O)cc1.CS(=O)(=O)NCc1ccc(C(=O)OCC(=O)O)cc1.CS(=O)(=O)NCc1ccc(C(=O)OCC(=O)OCc2ccccc2)cc1.CS(=O)(=O)NCc1ccc(C(=O)OCC(=O)O[C@@H](Cc2c(Cl)c[n+]([O-])cc2Cl)c2ccc(OC(F)F)c(OCC3CC3)c2)cc1.NCc1ccc(C(=O)O)cc1.O=C(CO)OCc1ccccc1. The minimum atomic E-state index is -3.40. The van der Waals surface area contributed by atoms with Crippen LogP contribution in [0.1, 0.15) is 128 Å². The number of aromatic nitrogens is 1. The molecular formula is C85H94Cl2F2N6O30S4. The molecule has 0 spiro atoms. The number of carbonyl (C=O) groups excluding carboxylic acids is 6. The van der Waals surface area contributed by atoms with E-state index in [4.69, 9.17) is 73.0 Å². The highest BCUT2D eigenvalue weighted by Gasteiger charge is 2.28. The van der Waals surface area contributed by atoms with Crippen molar-refractivity contribution >= 4 is 117 Å². The van der Waals surface area contributed by atoms with Crippen molar-refractivity contribution < 1.29 is 149 Å². The number of benzene rings is 8. The third-order valence-electron chi connectivity index (χ3n) is 16.4. The molecule has 36 nitrogen and oxygen atoms in total. The summed E-state index contributed by atoms with van der Waals surface area (Å²) < 4.78 is 164. The predicted octanol–water partition coefficient (Wildman–Crippen LogP) is 9.00. The van der Waals surface area contributed by atoms with Gasteiger partial charge in [-0.15, -0.1) is 0 Å². The molecule has 696 valence electrons. The molecule has 1 fully saturated rings. The van der Waals surface area contributed by atoms with Gasteiger partial charge in [0.15, 0.2) is 43.7 Å². The lowest BCUT2D eigenvalue weighted by Crippen LogP contribution is -2.26. The molecule has 10 rings (SSSR count). The van der Waals surface area contributed by atoms with Gasteiger partial charge in [0.25, 0.3) is 0 Å². The number of carboxylic acid groups (broad SMARTS) is 3. The van der Waals surface area contributed by atoms with E-state index in [1.807, 2.05) is 60.7 Å². The second kappa shape index (κ2) is 54.7. The van der Waals surface area contributed by atoms with E-state index in [2.05, 4.69) is 33.1 Å². The van der Waals surface area contributed by atoms with Crippen molar-refractivity contribution in [3.05, 3.63) is 306 Å². The first-order valence-electron chi connectivity index (χ1n) is 37.4.